The van der Waals surface area contributed by atoms with Gasteiger partial charge in [0.15, 0.2) is 0 Å². The van der Waals surface area contributed by atoms with E-state index >= 15 is 0 Å². The Hall–Kier alpha value is -2.50. The molecule has 0 aliphatic carbocycles. The minimum atomic E-state index is -0.328. The van der Waals surface area contributed by atoms with E-state index in [0.29, 0.717) is 11.4 Å². The first-order valence-corrected chi connectivity index (χ1v) is 5.84. The summed E-state index contributed by atoms with van der Waals surface area (Å²) in [4.78, 5) is 27.7. The lowest BCUT2D eigenvalue weighted by atomic mass is 10.2. The van der Waals surface area contributed by atoms with Crippen molar-refractivity contribution in [3.8, 4) is 0 Å². The van der Waals surface area contributed by atoms with Gasteiger partial charge in [0.1, 0.15) is 5.69 Å². The van der Waals surface area contributed by atoms with Gasteiger partial charge in [0.05, 0.1) is 17.7 Å². The number of nitrogens with zero attached hydrogens (tertiary/aromatic N) is 1. The highest BCUT2D eigenvalue weighted by Crippen LogP contribution is 2.20. The maximum Gasteiger partial charge on any atom is 0.268 e. The Kier molecular flexibility index (Phi) is 3.41. The summed E-state index contributed by atoms with van der Waals surface area (Å²) in [6.07, 6.45) is 0. The molecule has 19 heavy (non-hydrogen) atoms. The highest BCUT2D eigenvalue weighted by Gasteiger charge is 2.12. The SMILES string of the molecule is CN(C)C(=O)CNC(=O)c1cc2cccc(N)c2[nH]1. The first-order chi connectivity index (χ1) is 8.99. The lowest BCUT2D eigenvalue weighted by molar-refractivity contribution is -0.127. The molecule has 1 aromatic heterocycles. The number of hydrogen-bond donors (Lipinski definition) is 3. The van der Waals surface area contributed by atoms with Crippen molar-refractivity contribution in [2.45, 2.75) is 0 Å². The number of H-pyrrole nitrogens is 1. The molecule has 6 nitrogen and oxygen atoms in total. The molecular formula is C13H16N4O2. The number of para-hydroxylation sites is 1. The van der Waals surface area contributed by atoms with E-state index in [1.165, 1.54) is 4.90 Å². The topological polar surface area (TPSA) is 91.2 Å². The third-order valence-corrected chi connectivity index (χ3v) is 2.83. The molecule has 1 aromatic carbocycles. The molecule has 100 valence electrons. The van der Waals surface area contributed by atoms with Gasteiger partial charge in [0, 0.05) is 19.5 Å². The van der Waals surface area contributed by atoms with Crippen molar-refractivity contribution in [2.24, 2.45) is 0 Å². The normalized spacial score (nSPS) is 10.4. The second kappa shape index (κ2) is 5.01. The van der Waals surface area contributed by atoms with Gasteiger partial charge in [-0.25, -0.2) is 0 Å². The zero-order valence-electron chi connectivity index (χ0n) is 10.9. The Balaban J connectivity index is 2.14. The van der Waals surface area contributed by atoms with Crippen LogP contribution in [0.3, 0.4) is 0 Å². The lowest BCUT2D eigenvalue weighted by Gasteiger charge is -2.10. The molecule has 6 heteroatoms. The molecule has 0 atom stereocenters. The van der Waals surface area contributed by atoms with E-state index in [2.05, 4.69) is 10.3 Å². The average Bonchev–Trinajstić information content (AvgIpc) is 2.80. The smallest absolute Gasteiger partial charge is 0.268 e. The fourth-order valence-electron chi connectivity index (χ4n) is 1.71. The number of carbonyl (C=O) groups is 2. The number of benzene rings is 1. The van der Waals surface area contributed by atoms with Crippen molar-refractivity contribution in [3.63, 3.8) is 0 Å². The van der Waals surface area contributed by atoms with Gasteiger partial charge in [-0.05, 0) is 12.1 Å². The zero-order valence-corrected chi connectivity index (χ0v) is 10.9. The Labute approximate surface area is 110 Å². The van der Waals surface area contributed by atoms with Gasteiger partial charge in [-0.3, -0.25) is 9.59 Å². The van der Waals surface area contributed by atoms with Crippen LogP contribution in [0.25, 0.3) is 10.9 Å². The quantitative estimate of drug-likeness (QED) is 0.704. The summed E-state index contributed by atoms with van der Waals surface area (Å²) in [5, 5.41) is 3.42. The Morgan fingerprint density at radius 2 is 2.11 bits per heavy atom. The van der Waals surface area contributed by atoms with E-state index < -0.39 is 0 Å². The van der Waals surface area contributed by atoms with E-state index in [1.807, 2.05) is 12.1 Å². The first-order valence-electron chi connectivity index (χ1n) is 5.84. The molecule has 4 N–H and O–H groups in total. The maximum absolute atomic E-state index is 11.9. The fourth-order valence-corrected chi connectivity index (χ4v) is 1.71. The second-order valence-electron chi connectivity index (χ2n) is 4.47. The van der Waals surface area contributed by atoms with Crippen LogP contribution in [0.2, 0.25) is 0 Å². The molecule has 0 saturated carbocycles. The molecular weight excluding hydrogens is 244 g/mol. The van der Waals surface area contributed by atoms with Gasteiger partial charge in [-0.2, -0.15) is 0 Å². The number of amides is 2. The van der Waals surface area contributed by atoms with Crippen LogP contribution in [0.15, 0.2) is 24.3 Å². The number of aromatic amines is 1. The largest absolute Gasteiger partial charge is 0.397 e. The molecule has 2 aromatic rings. The highest BCUT2D eigenvalue weighted by molar-refractivity contribution is 6.01. The van der Waals surface area contributed by atoms with Gasteiger partial charge in [0.2, 0.25) is 5.91 Å². The molecule has 0 radical (unpaired) electrons. The Bertz CT molecular complexity index is 631. The summed E-state index contributed by atoms with van der Waals surface area (Å²) in [7, 11) is 3.27. The van der Waals surface area contributed by atoms with Crippen LogP contribution in [-0.2, 0) is 4.79 Å². The molecule has 2 amide bonds. The lowest BCUT2D eigenvalue weighted by Crippen LogP contribution is -2.36. The summed E-state index contributed by atoms with van der Waals surface area (Å²) in [6, 6.07) is 7.16. The van der Waals surface area contributed by atoms with Crippen molar-refractivity contribution >= 4 is 28.4 Å². The van der Waals surface area contributed by atoms with Crippen molar-refractivity contribution < 1.29 is 9.59 Å². The molecule has 0 spiro atoms. The van der Waals surface area contributed by atoms with E-state index in [0.717, 1.165) is 10.9 Å². The monoisotopic (exact) mass is 260 g/mol. The van der Waals surface area contributed by atoms with Gasteiger partial charge in [-0.15, -0.1) is 0 Å². The molecule has 0 aliphatic rings. The maximum atomic E-state index is 11.9. The summed E-state index contributed by atoms with van der Waals surface area (Å²) in [5.41, 5.74) is 7.51. The average molecular weight is 260 g/mol. The standard InChI is InChI=1S/C13H16N4O2/c1-17(2)11(18)7-15-13(19)10-6-8-4-3-5-9(14)12(8)16-10/h3-6,16H,7,14H2,1-2H3,(H,15,19). The number of nitrogens with one attached hydrogen (secondary N) is 2. The van der Waals surface area contributed by atoms with Gasteiger partial charge < -0.3 is 20.9 Å². The van der Waals surface area contributed by atoms with E-state index in [-0.39, 0.29) is 18.4 Å². The van der Waals surface area contributed by atoms with Crippen molar-refractivity contribution in [1.29, 1.82) is 0 Å². The number of fused-ring (bicyclic) bond motifs is 1. The van der Waals surface area contributed by atoms with E-state index in [4.69, 9.17) is 5.73 Å². The van der Waals surface area contributed by atoms with Crippen molar-refractivity contribution in [2.75, 3.05) is 26.4 Å². The molecule has 0 aliphatic heterocycles. The summed E-state index contributed by atoms with van der Waals surface area (Å²) in [5.74, 6) is -0.491. The molecule has 0 bridgehead atoms. The van der Waals surface area contributed by atoms with Crippen molar-refractivity contribution in [3.05, 3.63) is 30.0 Å². The number of carbonyl (C=O) groups excluding carboxylic acids is 2. The van der Waals surface area contributed by atoms with Gasteiger partial charge in [0.25, 0.3) is 5.91 Å². The van der Waals surface area contributed by atoms with Crippen LogP contribution >= 0.6 is 0 Å². The van der Waals surface area contributed by atoms with Gasteiger partial charge in [-0.1, -0.05) is 12.1 Å². The minimum absolute atomic E-state index is 0.0311. The van der Waals surface area contributed by atoms with E-state index in [1.54, 1.807) is 26.2 Å². The second-order valence-corrected chi connectivity index (χ2v) is 4.47. The van der Waals surface area contributed by atoms with Gasteiger partial charge >= 0.3 is 0 Å². The minimum Gasteiger partial charge on any atom is -0.397 e. The third kappa shape index (κ3) is 2.67. The molecule has 0 fully saturated rings. The Morgan fingerprint density at radius 1 is 1.37 bits per heavy atom. The number of rotatable bonds is 3. The Morgan fingerprint density at radius 3 is 2.74 bits per heavy atom. The van der Waals surface area contributed by atoms with Crippen LogP contribution in [0, 0.1) is 0 Å². The number of anilines is 1. The molecule has 2 rings (SSSR count). The zero-order chi connectivity index (χ0) is 14.0. The summed E-state index contributed by atoms with van der Waals surface area (Å²) < 4.78 is 0. The predicted molar refractivity (Wildman–Crippen MR) is 73.7 cm³/mol. The van der Waals surface area contributed by atoms with Crippen LogP contribution in [0.1, 0.15) is 10.5 Å². The van der Waals surface area contributed by atoms with Crippen LogP contribution in [0.5, 0.6) is 0 Å². The predicted octanol–water partition coefficient (Wildman–Crippen LogP) is 0.568. The van der Waals surface area contributed by atoms with Crippen LogP contribution < -0.4 is 11.1 Å². The number of likely N-dealkylation sites (N-methyl/N-ethyl adjacent to an activating group) is 1. The van der Waals surface area contributed by atoms with E-state index in [9.17, 15) is 9.59 Å². The van der Waals surface area contributed by atoms with Crippen molar-refractivity contribution in [1.82, 2.24) is 15.2 Å². The molecule has 0 saturated heterocycles. The number of nitrogen functional groups attached to an aromatic ring is 1. The van der Waals surface area contributed by atoms with Crippen LogP contribution in [-0.4, -0.2) is 42.3 Å². The number of nitrogens with two attached hydrogens (primary N) is 1. The molecule has 1 heterocycles. The van der Waals surface area contributed by atoms with Crippen LogP contribution in [0.4, 0.5) is 5.69 Å². The summed E-state index contributed by atoms with van der Waals surface area (Å²) >= 11 is 0. The molecule has 0 unspecified atom stereocenters. The first kappa shape index (κ1) is 12.9. The third-order valence-electron chi connectivity index (χ3n) is 2.83. The fraction of sp³-hybridized carbons (Fsp3) is 0.231. The number of hydrogen-bond acceptors (Lipinski definition) is 3. The highest BCUT2D eigenvalue weighted by atomic mass is 16.2. The number of aromatic nitrogens is 1. The summed E-state index contributed by atoms with van der Waals surface area (Å²) in [6.45, 7) is -0.0311.